The maximum absolute atomic E-state index is 13.4. The van der Waals surface area contributed by atoms with Gasteiger partial charge in [0.1, 0.15) is 5.82 Å². The quantitative estimate of drug-likeness (QED) is 0.884. The van der Waals surface area contributed by atoms with Gasteiger partial charge in [-0.1, -0.05) is 17.3 Å². The number of benzene rings is 1. The van der Waals surface area contributed by atoms with E-state index >= 15 is 0 Å². The smallest absolute Gasteiger partial charge is 0.242 e. The molecule has 1 unspecified atom stereocenters. The molecule has 1 atom stereocenters. The molecule has 2 aromatic rings. The number of likely N-dealkylation sites (tertiary alicyclic amines) is 1. The second-order valence-corrected chi connectivity index (χ2v) is 7.33. The Labute approximate surface area is 156 Å². The second kappa shape index (κ2) is 7.36. The molecular weight excluding hydrogens is 351 g/mol. The maximum Gasteiger partial charge on any atom is 0.242 e. The number of nitrogens with two attached hydrogens (primary N) is 1. The van der Waals surface area contributed by atoms with Gasteiger partial charge in [0.2, 0.25) is 17.6 Å². The Morgan fingerprint density at radius 1 is 1.33 bits per heavy atom. The zero-order chi connectivity index (χ0) is 18.9. The van der Waals surface area contributed by atoms with Gasteiger partial charge in [0.25, 0.3) is 0 Å². The highest BCUT2D eigenvalue weighted by molar-refractivity contribution is 5.86. The van der Waals surface area contributed by atoms with Gasteiger partial charge in [-0.3, -0.25) is 4.79 Å². The first-order valence-electron chi connectivity index (χ1n) is 9.31. The number of carbonyl (C=O) groups is 1. The lowest BCUT2D eigenvalue weighted by molar-refractivity contribution is -0.142. The predicted molar refractivity (Wildman–Crippen MR) is 95.2 cm³/mol. The highest BCUT2D eigenvalue weighted by Crippen LogP contribution is 2.30. The lowest BCUT2D eigenvalue weighted by Crippen LogP contribution is -2.59. The van der Waals surface area contributed by atoms with Crippen LogP contribution in [-0.2, 0) is 9.53 Å². The summed E-state index contributed by atoms with van der Waals surface area (Å²) >= 11 is 0. The van der Waals surface area contributed by atoms with Crippen LogP contribution < -0.4 is 5.73 Å². The Kier molecular flexibility index (Phi) is 4.92. The molecule has 1 aromatic heterocycles. The summed E-state index contributed by atoms with van der Waals surface area (Å²) in [5.74, 6) is 0.414. The van der Waals surface area contributed by atoms with Crippen molar-refractivity contribution in [1.29, 1.82) is 0 Å². The number of nitrogens with zero attached hydrogens (tertiary/aromatic N) is 3. The van der Waals surface area contributed by atoms with Gasteiger partial charge >= 0.3 is 0 Å². The van der Waals surface area contributed by atoms with Crippen molar-refractivity contribution in [1.82, 2.24) is 15.0 Å². The normalized spacial score (nSPS) is 22.6. The van der Waals surface area contributed by atoms with Crippen molar-refractivity contribution in [2.24, 2.45) is 5.73 Å². The van der Waals surface area contributed by atoms with Crippen LogP contribution in [0.5, 0.6) is 0 Å². The highest BCUT2D eigenvalue weighted by atomic mass is 19.1. The predicted octanol–water partition coefficient (Wildman–Crippen LogP) is 2.09. The molecule has 27 heavy (non-hydrogen) atoms. The molecule has 0 saturated carbocycles. The topological polar surface area (TPSA) is 94.5 Å². The number of rotatable bonds is 3. The van der Waals surface area contributed by atoms with Gasteiger partial charge in [0.05, 0.1) is 11.5 Å². The summed E-state index contributed by atoms with van der Waals surface area (Å²) in [6, 6.07) is 6.08. The van der Waals surface area contributed by atoms with E-state index in [-0.39, 0.29) is 17.6 Å². The molecule has 0 aliphatic carbocycles. The van der Waals surface area contributed by atoms with Crippen LogP contribution in [-0.4, -0.2) is 52.8 Å². The maximum atomic E-state index is 13.4. The fraction of sp³-hybridized carbons (Fsp3) is 0.526. The molecule has 7 nitrogen and oxygen atoms in total. The van der Waals surface area contributed by atoms with Gasteiger partial charge in [-0.25, -0.2) is 4.39 Å². The summed E-state index contributed by atoms with van der Waals surface area (Å²) in [5, 5.41) is 3.98. The van der Waals surface area contributed by atoms with Crippen molar-refractivity contribution < 1.29 is 18.4 Å². The van der Waals surface area contributed by atoms with E-state index < -0.39 is 5.54 Å². The second-order valence-electron chi connectivity index (χ2n) is 7.33. The zero-order valence-corrected chi connectivity index (χ0v) is 15.1. The lowest BCUT2D eigenvalue weighted by Gasteiger charge is -2.39. The minimum atomic E-state index is -0.846. The summed E-state index contributed by atoms with van der Waals surface area (Å²) in [6.07, 6.45) is 2.78. The van der Waals surface area contributed by atoms with Gasteiger partial charge in [-0.05, 0) is 37.8 Å². The molecule has 2 N–H and O–H groups in total. The largest absolute Gasteiger partial charge is 0.381 e. The molecule has 8 heteroatoms. The molecule has 1 amide bonds. The number of piperidine rings is 1. The van der Waals surface area contributed by atoms with Gasteiger partial charge < -0.3 is 19.9 Å². The van der Waals surface area contributed by atoms with Crippen molar-refractivity contribution in [2.75, 3.05) is 26.3 Å². The van der Waals surface area contributed by atoms with Gasteiger partial charge in [0, 0.05) is 31.9 Å². The van der Waals surface area contributed by atoms with E-state index in [0.29, 0.717) is 56.4 Å². The standard InChI is InChI=1S/C19H23FN4O3/c20-15-5-1-3-13(11-15)16-22-17(27-23-16)14-4-2-8-24(12-14)18(25)19(21)6-9-26-10-7-19/h1,3,5,11,14H,2,4,6-10,12,21H2. The number of hydrogen-bond acceptors (Lipinski definition) is 6. The Morgan fingerprint density at radius 2 is 2.15 bits per heavy atom. The molecule has 2 aliphatic rings. The van der Waals surface area contributed by atoms with Gasteiger partial charge in [-0.15, -0.1) is 0 Å². The van der Waals surface area contributed by atoms with E-state index in [9.17, 15) is 9.18 Å². The van der Waals surface area contributed by atoms with Crippen LogP contribution in [0.4, 0.5) is 4.39 Å². The van der Waals surface area contributed by atoms with Crippen molar-refractivity contribution in [3.63, 3.8) is 0 Å². The summed E-state index contributed by atoms with van der Waals surface area (Å²) in [4.78, 5) is 19.2. The van der Waals surface area contributed by atoms with Crippen LogP contribution >= 0.6 is 0 Å². The Balaban J connectivity index is 1.48. The summed E-state index contributed by atoms with van der Waals surface area (Å²) in [7, 11) is 0. The zero-order valence-electron chi connectivity index (χ0n) is 15.1. The van der Waals surface area contributed by atoms with Crippen molar-refractivity contribution >= 4 is 5.91 Å². The number of hydrogen-bond donors (Lipinski definition) is 1. The van der Waals surface area contributed by atoms with E-state index in [0.717, 1.165) is 12.8 Å². The van der Waals surface area contributed by atoms with Crippen LogP contribution in [0, 0.1) is 5.82 Å². The minimum absolute atomic E-state index is 0.0274. The van der Waals surface area contributed by atoms with Crippen molar-refractivity contribution in [3.05, 3.63) is 36.0 Å². The third-order valence-corrected chi connectivity index (χ3v) is 5.39. The molecule has 144 valence electrons. The molecule has 3 heterocycles. The van der Waals surface area contributed by atoms with E-state index in [4.69, 9.17) is 15.0 Å². The summed E-state index contributed by atoms with van der Waals surface area (Å²) < 4.78 is 24.2. The van der Waals surface area contributed by atoms with Crippen LogP contribution in [0.1, 0.15) is 37.5 Å². The van der Waals surface area contributed by atoms with Crippen LogP contribution in [0.2, 0.25) is 0 Å². The SMILES string of the molecule is NC1(C(=O)N2CCCC(c3nc(-c4cccc(F)c4)no3)C2)CCOCC1. The lowest BCUT2D eigenvalue weighted by atomic mass is 9.88. The number of carbonyl (C=O) groups excluding carboxylic acids is 1. The van der Waals surface area contributed by atoms with Crippen molar-refractivity contribution in [2.45, 2.75) is 37.1 Å². The van der Waals surface area contributed by atoms with Crippen molar-refractivity contribution in [3.8, 4) is 11.4 Å². The first-order chi connectivity index (χ1) is 13.0. The fourth-order valence-corrected chi connectivity index (χ4v) is 3.77. The highest BCUT2D eigenvalue weighted by Gasteiger charge is 2.41. The number of aromatic nitrogens is 2. The Bertz CT molecular complexity index is 819. The van der Waals surface area contributed by atoms with Crippen LogP contribution in [0.25, 0.3) is 11.4 Å². The molecule has 2 fully saturated rings. The average Bonchev–Trinajstić information content (AvgIpc) is 3.18. The Hall–Kier alpha value is -2.32. The molecule has 0 bridgehead atoms. The first-order valence-corrected chi connectivity index (χ1v) is 9.31. The number of ether oxygens (including phenoxy) is 1. The van der Waals surface area contributed by atoms with Gasteiger partial charge in [-0.2, -0.15) is 4.98 Å². The van der Waals surface area contributed by atoms with E-state index in [1.165, 1.54) is 12.1 Å². The number of halogens is 1. The average molecular weight is 374 g/mol. The molecular formula is C19H23FN4O3. The summed E-state index contributed by atoms with van der Waals surface area (Å²) in [5.41, 5.74) is 6.07. The molecule has 0 spiro atoms. The first kappa shape index (κ1) is 18.1. The number of amides is 1. The summed E-state index contributed by atoms with van der Waals surface area (Å²) in [6.45, 7) is 2.21. The molecule has 2 saturated heterocycles. The minimum Gasteiger partial charge on any atom is -0.381 e. The van der Waals surface area contributed by atoms with E-state index in [1.54, 1.807) is 12.1 Å². The van der Waals surface area contributed by atoms with E-state index in [2.05, 4.69) is 10.1 Å². The van der Waals surface area contributed by atoms with Crippen LogP contribution in [0.3, 0.4) is 0 Å². The van der Waals surface area contributed by atoms with Gasteiger partial charge in [0.15, 0.2) is 0 Å². The van der Waals surface area contributed by atoms with E-state index in [1.807, 2.05) is 4.90 Å². The fourth-order valence-electron chi connectivity index (χ4n) is 3.77. The molecule has 4 rings (SSSR count). The molecule has 1 aromatic carbocycles. The monoisotopic (exact) mass is 374 g/mol. The Morgan fingerprint density at radius 3 is 2.93 bits per heavy atom. The van der Waals surface area contributed by atoms with Crippen LogP contribution in [0.15, 0.2) is 28.8 Å². The third-order valence-electron chi connectivity index (χ3n) is 5.39. The third kappa shape index (κ3) is 3.72. The molecule has 0 radical (unpaired) electrons. The molecule has 2 aliphatic heterocycles.